The van der Waals surface area contributed by atoms with Crippen LogP contribution in [0.3, 0.4) is 0 Å². The van der Waals surface area contributed by atoms with Crippen LogP contribution in [0.25, 0.3) is 10.9 Å². The molecule has 1 heterocycles. The number of aromatic nitrogens is 1. The van der Waals surface area contributed by atoms with E-state index in [-0.39, 0.29) is 17.9 Å². The molecule has 1 N–H and O–H groups in total. The topological polar surface area (TPSA) is 68.3 Å². The summed E-state index contributed by atoms with van der Waals surface area (Å²) in [7, 11) is 0. The van der Waals surface area contributed by atoms with Gasteiger partial charge in [-0.25, -0.2) is 4.79 Å². The zero-order valence-electron chi connectivity index (χ0n) is 16.6. The van der Waals surface area contributed by atoms with Crippen LogP contribution in [-0.2, 0) is 9.53 Å². The minimum atomic E-state index is -0.987. The Labute approximate surface area is 170 Å². The molecule has 0 radical (unpaired) electrons. The fourth-order valence-corrected chi connectivity index (χ4v) is 3.24. The number of nitrogens with one attached hydrogen (secondary N) is 1. The van der Waals surface area contributed by atoms with E-state index in [1.165, 1.54) is 0 Å². The van der Waals surface area contributed by atoms with Gasteiger partial charge in [0, 0.05) is 22.7 Å². The summed E-state index contributed by atoms with van der Waals surface area (Å²) in [4.78, 5) is 30.6. The van der Waals surface area contributed by atoms with Crippen LogP contribution >= 0.6 is 0 Å². The molecule has 4 rings (SSSR count). The summed E-state index contributed by atoms with van der Waals surface area (Å²) in [6.45, 7) is 4.06. The van der Waals surface area contributed by atoms with Crippen molar-refractivity contribution in [3.63, 3.8) is 0 Å². The average Bonchev–Trinajstić information content (AvgIpc) is 3.55. The summed E-state index contributed by atoms with van der Waals surface area (Å²) < 4.78 is 5.78. The van der Waals surface area contributed by atoms with Crippen molar-refractivity contribution in [3.8, 4) is 0 Å². The first kappa shape index (κ1) is 19.1. The Hall–Kier alpha value is -3.21. The highest BCUT2D eigenvalue weighted by molar-refractivity contribution is 6.04. The molecule has 29 heavy (non-hydrogen) atoms. The normalized spacial score (nSPS) is 14.6. The third kappa shape index (κ3) is 4.29. The van der Waals surface area contributed by atoms with Crippen molar-refractivity contribution in [2.45, 2.75) is 44.8 Å². The van der Waals surface area contributed by atoms with Gasteiger partial charge in [0.05, 0.1) is 11.1 Å². The maximum atomic E-state index is 13.2. The van der Waals surface area contributed by atoms with Gasteiger partial charge in [-0.3, -0.25) is 9.78 Å². The Morgan fingerprint density at radius 2 is 1.72 bits per heavy atom. The number of fused-ring (bicyclic) bond motifs is 1. The largest absolute Gasteiger partial charge is 0.444 e. The van der Waals surface area contributed by atoms with Crippen LogP contribution in [-0.4, -0.2) is 22.9 Å². The Balaban J connectivity index is 1.69. The summed E-state index contributed by atoms with van der Waals surface area (Å²) in [6, 6.07) is 18.6. The monoisotopic (exact) mass is 388 g/mol. The Bertz CT molecular complexity index is 1040. The summed E-state index contributed by atoms with van der Waals surface area (Å²) in [5.41, 5.74) is 2.64. The molecule has 0 bridgehead atoms. The molecule has 1 atom stereocenters. The van der Waals surface area contributed by atoms with Crippen molar-refractivity contribution in [2.75, 3.05) is 0 Å². The first-order chi connectivity index (χ1) is 14.0. The number of ether oxygens (including phenoxy) is 1. The molecule has 1 fully saturated rings. The van der Waals surface area contributed by atoms with Crippen LogP contribution in [0.15, 0.2) is 60.7 Å². The van der Waals surface area contributed by atoms with Gasteiger partial charge in [-0.05, 0) is 30.9 Å². The van der Waals surface area contributed by atoms with Gasteiger partial charge >= 0.3 is 5.97 Å². The van der Waals surface area contributed by atoms with Gasteiger partial charge < -0.3 is 10.1 Å². The van der Waals surface area contributed by atoms with Gasteiger partial charge in [-0.15, -0.1) is 0 Å². The molecule has 3 aromatic rings. The zero-order valence-corrected chi connectivity index (χ0v) is 16.6. The standard InChI is InChI=1S/C24H24N2O3/c1-15(2)21-14-19(18-10-6-7-11-20(18)26-21)24(28)29-22(16-8-4-3-5-9-16)23(27)25-17-12-13-17/h3-11,14-15,17,22H,12-13H2,1-2H3,(H,25,27). The highest BCUT2D eigenvalue weighted by atomic mass is 16.5. The third-order valence-corrected chi connectivity index (χ3v) is 5.04. The lowest BCUT2D eigenvalue weighted by Crippen LogP contribution is -2.33. The van der Waals surface area contributed by atoms with Crippen LogP contribution in [0.2, 0.25) is 0 Å². The van der Waals surface area contributed by atoms with Crippen molar-refractivity contribution < 1.29 is 14.3 Å². The van der Waals surface area contributed by atoms with E-state index in [0.29, 0.717) is 11.1 Å². The van der Waals surface area contributed by atoms with Gasteiger partial charge in [0.2, 0.25) is 6.10 Å². The number of carbonyl (C=O) groups is 2. The van der Waals surface area contributed by atoms with E-state index in [1.807, 2.05) is 56.3 Å². The van der Waals surface area contributed by atoms with E-state index in [0.717, 1.165) is 29.4 Å². The molecule has 0 saturated heterocycles. The molecule has 5 nitrogen and oxygen atoms in total. The number of pyridine rings is 1. The molecule has 1 aliphatic rings. The first-order valence-corrected chi connectivity index (χ1v) is 9.99. The van der Waals surface area contributed by atoms with Crippen molar-refractivity contribution in [1.82, 2.24) is 10.3 Å². The van der Waals surface area contributed by atoms with E-state index in [2.05, 4.69) is 10.3 Å². The van der Waals surface area contributed by atoms with Crippen molar-refractivity contribution in [2.24, 2.45) is 0 Å². The summed E-state index contributed by atoms with van der Waals surface area (Å²) in [6.07, 6.45) is 0.945. The number of amides is 1. The van der Waals surface area contributed by atoms with Crippen molar-refractivity contribution in [3.05, 3.63) is 77.5 Å². The number of esters is 1. The highest BCUT2D eigenvalue weighted by Crippen LogP contribution is 2.27. The van der Waals surface area contributed by atoms with Crippen LogP contribution in [0, 0.1) is 0 Å². The van der Waals surface area contributed by atoms with Gasteiger partial charge in [-0.2, -0.15) is 0 Å². The molecule has 148 valence electrons. The summed E-state index contributed by atoms with van der Waals surface area (Å²) in [5, 5.41) is 3.67. The summed E-state index contributed by atoms with van der Waals surface area (Å²) in [5.74, 6) is -0.644. The molecular formula is C24H24N2O3. The number of nitrogens with zero attached hydrogens (tertiary/aromatic N) is 1. The van der Waals surface area contributed by atoms with Gasteiger partial charge in [0.15, 0.2) is 0 Å². The molecule has 5 heteroatoms. The smallest absolute Gasteiger partial charge is 0.340 e. The first-order valence-electron chi connectivity index (χ1n) is 9.99. The number of hydrogen-bond acceptors (Lipinski definition) is 4. The van der Waals surface area contributed by atoms with E-state index >= 15 is 0 Å². The second kappa shape index (κ2) is 8.03. The van der Waals surface area contributed by atoms with Crippen LogP contribution in [0.1, 0.15) is 60.3 Å². The highest BCUT2D eigenvalue weighted by Gasteiger charge is 2.31. The molecule has 0 aliphatic heterocycles. The number of para-hydroxylation sites is 1. The molecular weight excluding hydrogens is 364 g/mol. The van der Waals surface area contributed by atoms with E-state index in [9.17, 15) is 9.59 Å². The van der Waals surface area contributed by atoms with E-state index in [4.69, 9.17) is 4.74 Å². The second-order valence-corrected chi connectivity index (χ2v) is 7.75. The van der Waals surface area contributed by atoms with Gasteiger partial charge in [0.25, 0.3) is 5.91 Å². The Kier molecular flexibility index (Phi) is 5.30. The van der Waals surface area contributed by atoms with Crippen LogP contribution in [0.4, 0.5) is 0 Å². The number of carbonyl (C=O) groups excluding carboxylic acids is 2. The maximum Gasteiger partial charge on any atom is 0.340 e. The van der Waals surface area contributed by atoms with E-state index in [1.54, 1.807) is 18.2 Å². The number of rotatable bonds is 6. The molecule has 1 aromatic heterocycles. The quantitative estimate of drug-likeness (QED) is 0.630. The lowest BCUT2D eigenvalue weighted by atomic mass is 10.0. The second-order valence-electron chi connectivity index (χ2n) is 7.75. The molecule has 1 aliphatic carbocycles. The predicted molar refractivity (Wildman–Crippen MR) is 112 cm³/mol. The van der Waals surface area contributed by atoms with Crippen LogP contribution < -0.4 is 5.32 Å². The molecule has 1 amide bonds. The predicted octanol–water partition coefficient (Wildman–Crippen LogP) is 4.53. The zero-order chi connectivity index (χ0) is 20.4. The summed E-state index contributed by atoms with van der Waals surface area (Å²) >= 11 is 0. The molecule has 1 unspecified atom stereocenters. The third-order valence-electron chi connectivity index (χ3n) is 5.04. The SMILES string of the molecule is CC(C)c1cc(C(=O)OC(C(=O)NC2CC2)c2ccccc2)c2ccccc2n1. The minimum Gasteiger partial charge on any atom is -0.444 e. The Morgan fingerprint density at radius 1 is 1.03 bits per heavy atom. The fourth-order valence-electron chi connectivity index (χ4n) is 3.24. The van der Waals surface area contributed by atoms with Gasteiger partial charge in [0.1, 0.15) is 0 Å². The van der Waals surface area contributed by atoms with E-state index < -0.39 is 12.1 Å². The lowest BCUT2D eigenvalue weighted by Gasteiger charge is -2.19. The number of benzene rings is 2. The molecule has 2 aromatic carbocycles. The minimum absolute atomic E-state index is 0.161. The average molecular weight is 388 g/mol. The van der Waals surface area contributed by atoms with Crippen molar-refractivity contribution in [1.29, 1.82) is 0 Å². The van der Waals surface area contributed by atoms with Crippen LogP contribution in [0.5, 0.6) is 0 Å². The molecule has 1 saturated carbocycles. The lowest BCUT2D eigenvalue weighted by molar-refractivity contribution is -0.130. The Morgan fingerprint density at radius 3 is 2.41 bits per heavy atom. The van der Waals surface area contributed by atoms with Crippen molar-refractivity contribution >= 4 is 22.8 Å². The maximum absolute atomic E-state index is 13.2. The molecule has 0 spiro atoms. The fraction of sp³-hybridized carbons (Fsp3) is 0.292. The van der Waals surface area contributed by atoms with Gasteiger partial charge in [-0.1, -0.05) is 62.4 Å². The number of hydrogen-bond donors (Lipinski definition) is 1.